The van der Waals surface area contributed by atoms with Gasteiger partial charge in [0.25, 0.3) is 0 Å². The molecule has 1 aliphatic rings. The molecule has 1 aliphatic heterocycles. The van der Waals surface area contributed by atoms with Crippen molar-refractivity contribution in [3.05, 3.63) is 35.6 Å². The van der Waals surface area contributed by atoms with Crippen LogP contribution in [0.4, 0.5) is 4.39 Å². The Morgan fingerprint density at radius 3 is 2.79 bits per heavy atom. The molecule has 1 aromatic carbocycles. The van der Waals surface area contributed by atoms with Crippen LogP contribution in [-0.2, 0) is 4.79 Å². The zero-order chi connectivity index (χ0) is 13.8. The van der Waals surface area contributed by atoms with Crippen LogP contribution in [0.15, 0.2) is 24.3 Å². The largest absolute Gasteiger partial charge is 0.396 e. The molecule has 1 fully saturated rings. The van der Waals surface area contributed by atoms with Gasteiger partial charge in [0, 0.05) is 25.1 Å². The summed E-state index contributed by atoms with van der Waals surface area (Å²) < 4.78 is 13.9. The highest BCUT2D eigenvalue weighted by Crippen LogP contribution is 2.31. The van der Waals surface area contributed by atoms with Crippen LogP contribution >= 0.6 is 0 Å². The standard InChI is InChI=1S/C14H19FN2O2/c15-12-4-2-1-3-11(12)13(5-6-18)17-9-10(8-16)7-14(17)19/h1-4,10,13,18H,5-9,16H2. The molecule has 19 heavy (non-hydrogen) atoms. The van der Waals surface area contributed by atoms with Crippen LogP contribution in [-0.4, -0.2) is 35.6 Å². The molecule has 0 saturated carbocycles. The van der Waals surface area contributed by atoms with E-state index in [0.717, 1.165) is 0 Å². The van der Waals surface area contributed by atoms with E-state index in [4.69, 9.17) is 5.73 Å². The van der Waals surface area contributed by atoms with E-state index in [1.807, 2.05) is 0 Å². The predicted molar refractivity (Wildman–Crippen MR) is 69.7 cm³/mol. The molecule has 0 spiro atoms. The normalized spacial score (nSPS) is 20.9. The molecule has 1 heterocycles. The number of rotatable bonds is 5. The Morgan fingerprint density at radius 2 is 2.21 bits per heavy atom. The summed E-state index contributed by atoms with van der Waals surface area (Å²) in [6, 6.07) is 5.99. The van der Waals surface area contributed by atoms with E-state index in [1.165, 1.54) is 6.07 Å². The van der Waals surface area contributed by atoms with Gasteiger partial charge in [-0.15, -0.1) is 0 Å². The molecular formula is C14H19FN2O2. The maximum Gasteiger partial charge on any atom is 0.223 e. The summed E-state index contributed by atoms with van der Waals surface area (Å²) in [6.45, 7) is 0.899. The summed E-state index contributed by atoms with van der Waals surface area (Å²) in [6.07, 6.45) is 0.747. The maximum absolute atomic E-state index is 13.9. The van der Waals surface area contributed by atoms with E-state index >= 15 is 0 Å². The molecule has 2 atom stereocenters. The number of amides is 1. The topological polar surface area (TPSA) is 66.6 Å². The SMILES string of the molecule is NCC1CC(=O)N(C(CCO)c2ccccc2F)C1. The first-order valence-corrected chi connectivity index (χ1v) is 6.52. The van der Waals surface area contributed by atoms with Crippen LogP contribution in [0.25, 0.3) is 0 Å². The number of hydrogen-bond acceptors (Lipinski definition) is 3. The summed E-state index contributed by atoms with van der Waals surface area (Å²) in [5, 5.41) is 9.17. The third-order valence-electron chi connectivity index (χ3n) is 3.61. The van der Waals surface area contributed by atoms with Gasteiger partial charge in [-0.3, -0.25) is 4.79 Å². The van der Waals surface area contributed by atoms with Gasteiger partial charge in [0.2, 0.25) is 5.91 Å². The van der Waals surface area contributed by atoms with Crippen molar-refractivity contribution in [3.63, 3.8) is 0 Å². The van der Waals surface area contributed by atoms with Crippen molar-refractivity contribution < 1.29 is 14.3 Å². The molecule has 1 saturated heterocycles. The number of nitrogens with two attached hydrogens (primary N) is 1. The summed E-state index contributed by atoms with van der Waals surface area (Å²) in [5.41, 5.74) is 6.06. The van der Waals surface area contributed by atoms with E-state index in [1.54, 1.807) is 23.1 Å². The second kappa shape index (κ2) is 6.12. The number of halogens is 1. The van der Waals surface area contributed by atoms with Gasteiger partial charge in [-0.05, 0) is 24.9 Å². The third kappa shape index (κ3) is 2.93. The molecule has 2 unspecified atom stereocenters. The Kier molecular flexibility index (Phi) is 4.50. The first-order chi connectivity index (χ1) is 9.17. The zero-order valence-corrected chi connectivity index (χ0v) is 10.8. The van der Waals surface area contributed by atoms with Crippen LogP contribution in [0.5, 0.6) is 0 Å². The Hall–Kier alpha value is -1.46. The zero-order valence-electron chi connectivity index (χ0n) is 10.8. The molecule has 3 N–H and O–H groups in total. The van der Waals surface area contributed by atoms with Gasteiger partial charge in [0.05, 0.1) is 6.04 Å². The molecule has 104 valence electrons. The highest BCUT2D eigenvalue weighted by Gasteiger charge is 2.34. The second-order valence-electron chi connectivity index (χ2n) is 4.90. The molecule has 1 aromatic rings. The minimum atomic E-state index is -0.407. The fraction of sp³-hybridized carbons (Fsp3) is 0.500. The van der Waals surface area contributed by atoms with Gasteiger partial charge < -0.3 is 15.7 Å². The van der Waals surface area contributed by atoms with Gasteiger partial charge in [0.15, 0.2) is 0 Å². The first kappa shape index (κ1) is 14.0. The average molecular weight is 266 g/mol. The summed E-state index contributed by atoms with van der Waals surface area (Å²) >= 11 is 0. The number of benzene rings is 1. The quantitative estimate of drug-likeness (QED) is 0.837. The second-order valence-corrected chi connectivity index (χ2v) is 4.90. The molecule has 4 nitrogen and oxygen atoms in total. The smallest absolute Gasteiger partial charge is 0.223 e. The van der Waals surface area contributed by atoms with Gasteiger partial charge in [0.1, 0.15) is 5.82 Å². The minimum Gasteiger partial charge on any atom is -0.396 e. The van der Waals surface area contributed by atoms with Crippen molar-refractivity contribution in [2.24, 2.45) is 11.7 Å². The van der Waals surface area contributed by atoms with Crippen molar-refractivity contribution in [3.8, 4) is 0 Å². The van der Waals surface area contributed by atoms with Gasteiger partial charge >= 0.3 is 0 Å². The van der Waals surface area contributed by atoms with Crippen LogP contribution < -0.4 is 5.73 Å². The van der Waals surface area contributed by atoms with Crippen molar-refractivity contribution in [1.29, 1.82) is 0 Å². The van der Waals surface area contributed by atoms with Crippen molar-refractivity contribution in [2.45, 2.75) is 18.9 Å². The van der Waals surface area contributed by atoms with Crippen molar-refractivity contribution >= 4 is 5.91 Å². The Balaban J connectivity index is 2.26. The van der Waals surface area contributed by atoms with Crippen molar-refractivity contribution in [2.75, 3.05) is 19.7 Å². The molecule has 0 radical (unpaired) electrons. The van der Waals surface area contributed by atoms with Crippen LogP contribution in [0.3, 0.4) is 0 Å². The number of carbonyl (C=O) groups is 1. The number of aliphatic hydroxyl groups is 1. The van der Waals surface area contributed by atoms with E-state index in [0.29, 0.717) is 31.5 Å². The fourth-order valence-electron chi connectivity index (χ4n) is 2.61. The van der Waals surface area contributed by atoms with E-state index in [-0.39, 0.29) is 24.2 Å². The number of nitrogens with zero attached hydrogens (tertiary/aromatic N) is 1. The third-order valence-corrected chi connectivity index (χ3v) is 3.61. The molecule has 1 amide bonds. The highest BCUT2D eigenvalue weighted by molar-refractivity contribution is 5.79. The van der Waals surface area contributed by atoms with Gasteiger partial charge in [-0.2, -0.15) is 0 Å². The number of hydrogen-bond donors (Lipinski definition) is 2. The highest BCUT2D eigenvalue weighted by atomic mass is 19.1. The van der Waals surface area contributed by atoms with Crippen LogP contribution in [0.2, 0.25) is 0 Å². The van der Waals surface area contributed by atoms with Gasteiger partial charge in [-0.1, -0.05) is 18.2 Å². The summed E-state index contributed by atoms with van der Waals surface area (Å²) in [7, 11) is 0. The predicted octanol–water partition coefficient (Wildman–Crippen LogP) is 1.06. The lowest BCUT2D eigenvalue weighted by atomic mass is 10.0. The van der Waals surface area contributed by atoms with E-state index in [9.17, 15) is 14.3 Å². The lowest BCUT2D eigenvalue weighted by Crippen LogP contribution is -2.32. The molecule has 5 heteroatoms. The Bertz CT molecular complexity index is 453. The molecule has 0 aliphatic carbocycles. The molecule has 0 bridgehead atoms. The monoisotopic (exact) mass is 266 g/mol. The first-order valence-electron chi connectivity index (χ1n) is 6.52. The maximum atomic E-state index is 13.9. The number of likely N-dealkylation sites (tertiary alicyclic amines) is 1. The molecule has 0 aromatic heterocycles. The van der Waals surface area contributed by atoms with Crippen molar-refractivity contribution in [1.82, 2.24) is 4.90 Å². The Morgan fingerprint density at radius 1 is 1.47 bits per heavy atom. The van der Waals surface area contributed by atoms with Crippen LogP contribution in [0, 0.1) is 11.7 Å². The lowest BCUT2D eigenvalue weighted by Gasteiger charge is -2.28. The molecule has 2 rings (SSSR count). The average Bonchev–Trinajstić information content (AvgIpc) is 2.78. The van der Waals surface area contributed by atoms with E-state index in [2.05, 4.69) is 0 Å². The number of aliphatic hydroxyl groups excluding tert-OH is 1. The number of carbonyl (C=O) groups excluding carboxylic acids is 1. The molecular weight excluding hydrogens is 247 g/mol. The van der Waals surface area contributed by atoms with Crippen LogP contribution in [0.1, 0.15) is 24.4 Å². The van der Waals surface area contributed by atoms with Gasteiger partial charge in [-0.25, -0.2) is 4.39 Å². The lowest BCUT2D eigenvalue weighted by molar-refractivity contribution is -0.130. The minimum absolute atomic E-state index is 0.0165. The summed E-state index contributed by atoms with van der Waals surface area (Å²) in [4.78, 5) is 13.7. The summed E-state index contributed by atoms with van der Waals surface area (Å²) in [5.74, 6) is -0.234. The fourth-order valence-corrected chi connectivity index (χ4v) is 2.61. The Labute approximate surface area is 112 Å². The van der Waals surface area contributed by atoms with E-state index < -0.39 is 6.04 Å².